The molecule has 1 unspecified atom stereocenters. The van der Waals surface area contributed by atoms with Gasteiger partial charge in [-0.15, -0.1) is 0 Å². The zero-order valence-corrected chi connectivity index (χ0v) is 14.7. The van der Waals surface area contributed by atoms with E-state index in [2.05, 4.69) is 0 Å². The van der Waals surface area contributed by atoms with E-state index < -0.39 is 5.41 Å². The van der Waals surface area contributed by atoms with Crippen LogP contribution in [0, 0.1) is 11.2 Å². The van der Waals surface area contributed by atoms with Crippen molar-refractivity contribution >= 4 is 11.9 Å². The van der Waals surface area contributed by atoms with Gasteiger partial charge < -0.3 is 14.1 Å². The maximum atomic E-state index is 14.2. The van der Waals surface area contributed by atoms with Gasteiger partial charge in [0.15, 0.2) is 0 Å². The highest BCUT2D eigenvalue weighted by atomic mass is 19.1. The lowest BCUT2D eigenvalue weighted by molar-refractivity contribution is -0.158. The molecule has 0 saturated carbocycles. The van der Waals surface area contributed by atoms with Crippen molar-refractivity contribution in [2.45, 2.75) is 26.2 Å². The number of likely N-dealkylation sites (tertiary alicyclic amines) is 1. The SMILES string of the molecule is CCOC(=O)C1(Cc2ccccc2F)CCCN(C(=O)c2ccoc2)C1. The summed E-state index contributed by atoms with van der Waals surface area (Å²) in [5.41, 5.74) is -0.0516. The monoisotopic (exact) mass is 359 g/mol. The van der Waals surface area contributed by atoms with Crippen molar-refractivity contribution < 1.29 is 23.1 Å². The van der Waals surface area contributed by atoms with Crippen LogP contribution in [0.25, 0.3) is 0 Å². The lowest BCUT2D eigenvalue weighted by Gasteiger charge is -2.41. The first-order chi connectivity index (χ1) is 12.6. The summed E-state index contributed by atoms with van der Waals surface area (Å²) in [6, 6.07) is 8.01. The molecule has 138 valence electrons. The second-order valence-corrected chi connectivity index (χ2v) is 6.61. The molecule has 26 heavy (non-hydrogen) atoms. The minimum absolute atomic E-state index is 0.194. The Morgan fingerprint density at radius 3 is 2.81 bits per heavy atom. The predicted octanol–water partition coefficient (Wildman–Crippen LogP) is 3.45. The predicted molar refractivity (Wildman–Crippen MR) is 93.0 cm³/mol. The molecular formula is C20H22FNO4. The molecule has 2 heterocycles. The molecule has 0 spiro atoms. The number of carbonyl (C=O) groups excluding carboxylic acids is 2. The molecule has 1 fully saturated rings. The zero-order chi connectivity index (χ0) is 18.6. The van der Waals surface area contributed by atoms with E-state index in [1.54, 1.807) is 36.1 Å². The average molecular weight is 359 g/mol. The molecule has 1 aliphatic heterocycles. The first kappa shape index (κ1) is 18.2. The summed E-state index contributed by atoms with van der Waals surface area (Å²) >= 11 is 0. The van der Waals surface area contributed by atoms with Gasteiger partial charge in [0.2, 0.25) is 0 Å². The standard InChI is InChI=1S/C20H22FNO4/c1-2-26-19(24)20(12-15-6-3-4-7-17(15)21)9-5-10-22(14-20)18(23)16-8-11-25-13-16/h3-4,6-8,11,13H,2,5,9-10,12,14H2,1H3. The van der Waals surface area contributed by atoms with Gasteiger partial charge in [-0.1, -0.05) is 18.2 Å². The van der Waals surface area contributed by atoms with Gasteiger partial charge in [-0.2, -0.15) is 0 Å². The Labute approximate surface area is 151 Å². The fraction of sp³-hybridized carbons (Fsp3) is 0.400. The van der Waals surface area contributed by atoms with Crippen LogP contribution in [0.15, 0.2) is 47.3 Å². The van der Waals surface area contributed by atoms with Crippen LogP contribution in [-0.4, -0.2) is 36.5 Å². The molecule has 3 rings (SSSR count). The molecule has 1 saturated heterocycles. The van der Waals surface area contributed by atoms with E-state index in [1.807, 2.05) is 0 Å². The smallest absolute Gasteiger partial charge is 0.314 e. The minimum Gasteiger partial charge on any atom is -0.472 e. The lowest BCUT2D eigenvalue weighted by atomic mass is 9.74. The maximum absolute atomic E-state index is 14.2. The minimum atomic E-state index is -0.949. The fourth-order valence-electron chi connectivity index (χ4n) is 3.55. The molecule has 2 aromatic rings. The van der Waals surface area contributed by atoms with E-state index in [0.29, 0.717) is 30.5 Å². The largest absolute Gasteiger partial charge is 0.472 e. The number of ether oxygens (including phenoxy) is 1. The summed E-state index contributed by atoms with van der Waals surface area (Å²) in [6.45, 7) is 2.73. The number of hydrogen-bond donors (Lipinski definition) is 0. The van der Waals surface area contributed by atoms with Gasteiger partial charge in [0.05, 0.1) is 23.8 Å². The van der Waals surface area contributed by atoms with Crippen LogP contribution in [-0.2, 0) is 16.0 Å². The molecule has 6 heteroatoms. The summed E-state index contributed by atoms with van der Waals surface area (Å²) in [4.78, 5) is 27.1. The zero-order valence-electron chi connectivity index (χ0n) is 14.7. The van der Waals surface area contributed by atoms with Crippen LogP contribution in [0.3, 0.4) is 0 Å². The van der Waals surface area contributed by atoms with E-state index in [-0.39, 0.29) is 37.3 Å². The van der Waals surface area contributed by atoms with Gasteiger partial charge in [0.25, 0.3) is 5.91 Å². The quantitative estimate of drug-likeness (QED) is 0.767. The van der Waals surface area contributed by atoms with Gasteiger partial charge in [0, 0.05) is 13.1 Å². The number of amides is 1. The molecular weight excluding hydrogens is 337 g/mol. The number of hydrogen-bond acceptors (Lipinski definition) is 4. The molecule has 1 amide bonds. The number of rotatable bonds is 5. The Kier molecular flexibility index (Phi) is 5.40. The first-order valence-corrected chi connectivity index (χ1v) is 8.78. The third-order valence-electron chi connectivity index (χ3n) is 4.83. The highest BCUT2D eigenvalue weighted by Gasteiger charge is 2.45. The number of carbonyl (C=O) groups is 2. The topological polar surface area (TPSA) is 59.8 Å². The van der Waals surface area contributed by atoms with Gasteiger partial charge in [-0.05, 0) is 43.9 Å². The van der Waals surface area contributed by atoms with Gasteiger partial charge in [0.1, 0.15) is 12.1 Å². The van der Waals surface area contributed by atoms with Crippen LogP contribution < -0.4 is 0 Å². The van der Waals surface area contributed by atoms with Gasteiger partial charge >= 0.3 is 5.97 Å². The first-order valence-electron chi connectivity index (χ1n) is 8.78. The van der Waals surface area contributed by atoms with Crippen LogP contribution in [0.1, 0.15) is 35.7 Å². The molecule has 1 aliphatic rings. The fourth-order valence-corrected chi connectivity index (χ4v) is 3.55. The third kappa shape index (κ3) is 3.64. The Hall–Kier alpha value is -2.63. The van der Waals surface area contributed by atoms with Crippen LogP contribution in [0.4, 0.5) is 4.39 Å². The van der Waals surface area contributed by atoms with Crippen molar-refractivity contribution in [3.8, 4) is 0 Å². The van der Waals surface area contributed by atoms with E-state index in [1.165, 1.54) is 18.6 Å². The van der Waals surface area contributed by atoms with Crippen molar-refractivity contribution in [3.05, 3.63) is 59.8 Å². The van der Waals surface area contributed by atoms with Gasteiger partial charge in [-0.3, -0.25) is 9.59 Å². The number of nitrogens with zero attached hydrogens (tertiary/aromatic N) is 1. The molecule has 5 nitrogen and oxygen atoms in total. The maximum Gasteiger partial charge on any atom is 0.314 e. The molecule has 0 N–H and O–H groups in total. The van der Waals surface area contributed by atoms with Crippen molar-refractivity contribution in [2.75, 3.05) is 19.7 Å². The van der Waals surface area contributed by atoms with E-state index in [4.69, 9.17) is 9.15 Å². The van der Waals surface area contributed by atoms with E-state index in [0.717, 1.165) is 0 Å². The Balaban J connectivity index is 1.89. The van der Waals surface area contributed by atoms with Crippen LogP contribution >= 0.6 is 0 Å². The number of halogens is 1. The lowest BCUT2D eigenvalue weighted by Crippen LogP contribution is -2.51. The van der Waals surface area contributed by atoms with Crippen molar-refractivity contribution in [1.82, 2.24) is 4.90 Å². The number of piperidine rings is 1. The summed E-state index contributed by atoms with van der Waals surface area (Å²) in [5.74, 6) is -0.928. The van der Waals surface area contributed by atoms with Crippen LogP contribution in [0.5, 0.6) is 0 Å². The molecule has 1 aromatic carbocycles. The van der Waals surface area contributed by atoms with Crippen molar-refractivity contribution in [3.63, 3.8) is 0 Å². The second kappa shape index (κ2) is 7.72. The normalized spacial score (nSPS) is 20.0. The summed E-state index contributed by atoms with van der Waals surface area (Å²) in [5, 5.41) is 0. The van der Waals surface area contributed by atoms with Crippen molar-refractivity contribution in [2.24, 2.45) is 5.41 Å². The van der Waals surface area contributed by atoms with Crippen LogP contribution in [0.2, 0.25) is 0 Å². The second-order valence-electron chi connectivity index (χ2n) is 6.61. The van der Waals surface area contributed by atoms with E-state index in [9.17, 15) is 14.0 Å². The van der Waals surface area contributed by atoms with Gasteiger partial charge in [-0.25, -0.2) is 4.39 Å². The third-order valence-corrected chi connectivity index (χ3v) is 4.83. The molecule has 0 bridgehead atoms. The Morgan fingerprint density at radius 2 is 2.12 bits per heavy atom. The number of furan rings is 1. The number of esters is 1. The Morgan fingerprint density at radius 1 is 1.31 bits per heavy atom. The summed E-state index contributed by atoms with van der Waals surface area (Å²) in [6.07, 6.45) is 4.23. The number of benzene rings is 1. The highest BCUT2D eigenvalue weighted by molar-refractivity contribution is 5.94. The molecule has 1 aromatic heterocycles. The Bertz CT molecular complexity index is 774. The van der Waals surface area contributed by atoms with E-state index >= 15 is 0 Å². The highest BCUT2D eigenvalue weighted by Crippen LogP contribution is 2.36. The molecule has 0 radical (unpaired) electrons. The molecule has 0 aliphatic carbocycles. The average Bonchev–Trinajstić information content (AvgIpc) is 3.18. The van der Waals surface area contributed by atoms with Crippen molar-refractivity contribution in [1.29, 1.82) is 0 Å². The summed E-state index contributed by atoms with van der Waals surface area (Å²) < 4.78 is 24.5. The summed E-state index contributed by atoms with van der Waals surface area (Å²) in [7, 11) is 0. The molecule has 1 atom stereocenters.